The van der Waals surface area contributed by atoms with Crippen LogP contribution in [-0.2, 0) is 39.2 Å². The van der Waals surface area contributed by atoms with Crippen molar-refractivity contribution in [2.24, 2.45) is 21.7 Å². The fourth-order valence-corrected chi connectivity index (χ4v) is 15.6. The van der Waals surface area contributed by atoms with Gasteiger partial charge in [0.2, 0.25) is 11.8 Å². The molecule has 4 bridgehead atoms. The molecule has 4 fully saturated rings. The second-order valence-corrected chi connectivity index (χ2v) is 24.8. The zero-order chi connectivity index (χ0) is 51.1. The van der Waals surface area contributed by atoms with E-state index < -0.39 is 21.8 Å². The van der Waals surface area contributed by atoms with Crippen molar-refractivity contribution in [3.8, 4) is 11.1 Å². The molecular formula is C53H65ClN8O8S2. The van der Waals surface area contributed by atoms with Gasteiger partial charge in [-0.3, -0.25) is 28.9 Å². The molecule has 16 nitrogen and oxygen atoms in total. The first-order valence-corrected chi connectivity index (χ1v) is 28.1. The van der Waals surface area contributed by atoms with Crippen molar-refractivity contribution >= 4 is 77.9 Å². The monoisotopic (exact) mass is 1040 g/mol. The number of halogens is 1. The Morgan fingerprint density at radius 3 is 2.38 bits per heavy atom. The Labute approximate surface area is 430 Å². The van der Waals surface area contributed by atoms with Crippen molar-refractivity contribution in [1.82, 2.24) is 30.0 Å². The van der Waals surface area contributed by atoms with Crippen molar-refractivity contribution in [2.45, 2.75) is 117 Å². The predicted molar refractivity (Wildman–Crippen MR) is 279 cm³/mol. The molecule has 2 unspecified atom stereocenters. The van der Waals surface area contributed by atoms with Crippen LogP contribution in [0.5, 0.6) is 0 Å². The number of carbonyl (C=O) groups excluding carboxylic acids is 3. The number of rotatable bonds is 21. The standard InChI is InChI=1S/C53H65ClN8O8S2/c1-35-39(37-16-17-43(58-46(37)48(66)67)61-22-18-36-11-9-12-38(40(36)27-61)47(65)59-49-57-41-13-6-7-14-42(41)71-49)26-56-62(35)34-53-31-50(2)28-51(3,32-53)30-52(29-50,33-53)19-10-21-60(23-24-72(68,69)70)45(64)15-5-4-8-20-55-44(63)25-54/h6-7,9,11-14,16-17,26H,4-5,8,10,15,18-25,27-34H2,1-3H3,(H,55,63)(H,66,67)(H,57,59,65)(H,68,69,70). The number of carbonyl (C=O) groups is 4. The van der Waals surface area contributed by atoms with E-state index in [0.717, 1.165) is 78.4 Å². The fourth-order valence-electron chi connectivity index (χ4n) is 14.1. The first-order chi connectivity index (χ1) is 34.3. The molecule has 4 saturated carbocycles. The fraction of sp³-hybridized carbons (Fsp3) is 0.528. The number of unbranched alkanes of at least 4 members (excludes halogenated alkanes) is 2. The maximum absolute atomic E-state index is 13.7. The Kier molecular flexibility index (Phi) is 14.6. The van der Waals surface area contributed by atoms with Crippen LogP contribution in [0.2, 0.25) is 0 Å². The van der Waals surface area contributed by atoms with E-state index in [-0.39, 0.29) is 63.9 Å². The third kappa shape index (κ3) is 11.4. The van der Waals surface area contributed by atoms with Gasteiger partial charge in [0.05, 0.1) is 22.2 Å². The number of anilines is 2. The molecule has 3 aromatic heterocycles. The zero-order valence-corrected chi connectivity index (χ0v) is 43.7. The van der Waals surface area contributed by atoms with Crippen LogP contribution in [0, 0.1) is 28.6 Å². The van der Waals surface area contributed by atoms with E-state index in [1.807, 2.05) is 66.4 Å². The first-order valence-electron chi connectivity index (χ1n) is 25.1. The highest BCUT2D eigenvalue weighted by Gasteiger charge is 2.65. The van der Waals surface area contributed by atoms with E-state index in [2.05, 4.69) is 34.1 Å². The van der Waals surface area contributed by atoms with Gasteiger partial charge in [-0.05, 0) is 141 Å². The van der Waals surface area contributed by atoms with Crippen LogP contribution >= 0.6 is 22.9 Å². The summed E-state index contributed by atoms with van der Waals surface area (Å²) in [6, 6.07) is 17.2. The SMILES string of the molecule is Cc1c(-c2ccc(N3CCc4cccc(C(=O)Nc5nc6ccccc6s5)c4C3)nc2C(=O)O)cnn1CC12CC3(C)CC(C)(CC(CCCN(CCS(=O)(=O)O)C(=O)CCCCCNC(=O)CCl)(C3)C1)C2. The summed E-state index contributed by atoms with van der Waals surface area (Å²) in [6.07, 6.45) is 12.7. The molecule has 10 rings (SSSR count). The second-order valence-electron chi connectivity index (χ2n) is 22.0. The lowest BCUT2D eigenvalue weighted by Gasteiger charge is -2.70. The lowest BCUT2D eigenvalue weighted by molar-refractivity contribution is -0.198. The molecule has 2 aromatic carbocycles. The van der Waals surface area contributed by atoms with E-state index in [1.54, 1.807) is 11.1 Å². The maximum Gasteiger partial charge on any atom is 0.355 e. The highest BCUT2D eigenvalue weighted by atomic mass is 35.5. The van der Waals surface area contributed by atoms with Gasteiger partial charge in [0.25, 0.3) is 16.0 Å². The van der Waals surface area contributed by atoms with E-state index in [9.17, 15) is 37.3 Å². The van der Waals surface area contributed by atoms with Crippen LogP contribution in [0.4, 0.5) is 10.9 Å². The maximum atomic E-state index is 13.7. The Balaban J connectivity index is 0.883. The minimum absolute atomic E-state index is 0.0273. The van der Waals surface area contributed by atoms with Gasteiger partial charge in [-0.2, -0.15) is 13.5 Å². The smallest absolute Gasteiger partial charge is 0.355 e. The van der Waals surface area contributed by atoms with Gasteiger partial charge in [-0.1, -0.05) is 55.9 Å². The van der Waals surface area contributed by atoms with Gasteiger partial charge in [0, 0.05) is 68.1 Å². The Morgan fingerprint density at radius 1 is 0.875 bits per heavy atom. The molecule has 19 heteroatoms. The van der Waals surface area contributed by atoms with E-state index in [1.165, 1.54) is 11.3 Å². The molecule has 0 saturated heterocycles. The Hall–Kier alpha value is -5.43. The summed E-state index contributed by atoms with van der Waals surface area (Å²) in [4.78, 5) is 64.7. The summed E-state index contributed by atoms with van der Waals surface area (Å²) < 4.78 is 36.2. The molecule has 5 aliphatic rings. The zero-order valence-electron chi connectivity index (χ0n) is 41.3. The highest BCUT2D eigenvalue weighted by molar-refractivity contribution is 7.85. The average molecular weight is 1040 g/mol. The van der Waals surface area contributed by atoms with Crippen LogP contribution in [0.1, 0.15) is 129 Å². The van der Waals surface area contributed by atoms with E-state index in [0.29, 0.717) is 86.0 Å². The van der Waals surface area contributed by atoms with Crippen LogP contribution in [0.25, 0.3) is 21.3 Å². The third-order valence-corrected chi connectivity index (χ3v) is 17.6. The number of benzene rings is 2. The molecule has 1 aliphatic heterocycles. The number of hydrogen-bond acceptors (Lipinski definition) is 11. The van der Waals surface area contributed by atoms with Gasteiger partial charge in [-0.25, -0.2) is 14.8 Å². The number of nitrogens with zero attached hydrogens (tertiary/aromatic N) is 6. The number of aromatic carboxylic acids is 1. The van der Waals surface area contributed by atoms with Crippen LogP contribution < -0.4 is 15.5 Å². The molecule has 4 aliphatic carbocycles. The van der Waals surface area contributed by atoms with Crippen molar-refractivity contribution in [3.63, 3.8) is 0 Å². The third-order valence-electron chi connectivity index (χ3n) is 15.7. The average Bonchev–Trinajstić information content (AvgIpc) is 3.90. The van der Waals surface area contributed by atoms with Crippen LogP contribution in [0.3, 0.4) is 0 Å². The molecule has 72 heavy (non-hydrogen) atoms. The molecule has 0 spiro atoms. The first kappa shape index (κ1) is 51.5. The van der Waals surface area contributed by atoms with Crippen LogP contribution in [-0.4, -0.2) is 104 Å². The number of aromatic nitrogens is 4. The summed E-state index contributed by atoms with van der Waals surface area (Å²) >= 11 is 6.98. The summed E-state index contributed by atoms with van der Waals surface area (Å²) in [5, 5.41) is 21.9. The number of carboxylic acids is 1. The highest BCUT2D eigenvalue weighted by Crippen LogP contribution is 2.75. The van der Waals surface area contributed by atoms with Crippen molar-refractivity contribution in [3.05, 3.63) is 88.9 Å². The van der Waals surface area contributed by atoms with Gasteiger partial charge in [0.15, 0.2) is 10.8 Å². The van der Waals surface area contributed by atoms with Crippen molar-refractivity contribution < 1.29 is 37.3 Å². The molecule has 5 aromatic rings. The van der Waals surface area contributed by atoms with E-state index in [4.69, 9.17) is 21.7 Å². The molecular weight excluding hydrogens is 976 g/mol. The minimum Gasteiger partial charge on any atom is -0.476 e. The molecule has 2 atom stereocenters. The Bertz CT molecular complexity index is 2960. The van der Waals surface area contributed by atoms with Gasteiger partial charge >= 0.3 is 5.97 Å². The molecule has 0 radical (unpaired) electrons. The number of para-hydroxylation sites is 1. The topological polar surface area (TPSA) is 217 Å². The van der Waals surface area contributed by atoms with Gasteiger partial charge in [0.1, 0.15) is 11.7 Å². The number of nitrogens with one attached hydrogen (secondary N) is 2. The summed E-state index contributed by atoms with van der Waals surface area (Å²) in [7, 11) is -4.27. The van der Waals surface area contributed by atoms with Crippen LogP contribution in [0.15, 0.2) is 60.8 Å². The largest absolute Gasteiger partial charge is 0.476 e. The second kappa shape index (κ2) is 20.5. The molecule has 4 N–H and O–H groups in total. The number of fused-ring (bicyclic) bond motifs is 2. The Morgan fingerprint density at radius 2 is 1.64 bits per heavy atom. The summed E-state index contributed by atoms with van der Waals surface area (Å²) in [6.45, 7) is 9.32. The molecule has 4 heterocycles. The van der Waals surface area contributed by atoms with E-state index >= 15 is 0 Å². The van der Waals surface area contributed by atoms with Gasteiger partial charge in [-0.15, -0.1) is 11.6 Å². The number of pyridine rings is 1. The number of thiazole rings is 1. The number of hydrogen-bond donors (Lipinski definition) is 4. The van der Waals surface area contributed by atoms with Gasteiger partial charge < -0.3 is 20.2 Å². The predicted octanol–water partition coefficient (Wildman–Crippen LogP) is 9.16. The normalized spacial score (nSPS) is 23.3. The molecule has 3 amide bonds. The lowest BCUT2D eigenvalue weighted by atomic mass is 9.35. The van der Waals surface area contributed by atoms with Crippen molar-refractivity contribution in [1.29, 1.82) is 0 Å². The summed E-state index contributed by atoms with van der Waals surface area (Å²) in [5.74, 6) is -1.87. The number of carboxylic acid groups (broad SMARTS) is 1. The quantitative estimate of drug-likeness (QED) is 0.0307. The minimum atomic E-state index is -4.27. The van der Waals surface area contributed by atoms with Crippen molar-refractivity contribution in [2.75, 3.05) is 48.0 Å². The lowest BCUT2D eigenvalue weighted by Crippen LogP contribution is -2.60. The number of amides is 3. The molecule has 384 valence electrons. The number of alkyl halides is 1. The summed E-state index contributed by atoms with van der Waals surface area (Å²) in [5.41, 5.74) is 5.52.